The van der Waals surface area contributed by atoms with Crippen molar-refractivity contribution in [3.63, 3.8) is 0 Å². The van der Waals surface area contributed by atoms with Gasteiger partial charge in [0.25, 0.3) is 0 Å². The van der Waals surface area contributed by atoms with Gasteiger partial charge in [0.05, 0.1) is 14.2 Å². The lowest BCUT2D eigenvalue weighted by molar-refractivity contribution is -0.131. The molecule has 0 heterocycles. The molecule has 6 heteroatoms. The number of hydrogen-bond donors (Lipinski definition) is 0. The lowest BCUT2D eigenvalue weighted by Crippen LogP contribution is -2.08. The molecule has 2 aromatic carbocycles. The third kappa shape index (κ3) is 5.17. The summed E-state index contributed by atoms with van der Waals surface area (Å²) in [5.74, 6) is 0.168. The average Bonchev–Trinajstić information content (AvgIpc) is 2.60. The van der Waals surface area contributed by atoms with Crippen LogP contribution in [0.5, 0.6) is 23.0 Å². The summed E-state index contributed by atoms with van der Waals surface area (Å²) in [7, 11) is 2.97. The number of esters is 2. The van der Waals surface area contributed by atoms with Crippen LogP contribution in [0.3, 0.4) is 0 Å². The highest BCUT2D eigenvalue weighted by molar-refractivity contribution is 5.93. The number of ether oxygens (including phenoxy) is 4. The van der Waals surface area contributed by atoms with Gasteiger partial charge in [0.2, 0.25) is 0 Å². The zero-order valence-electron chi connectivity index (χ0n) is 13.2. The van der Waals surface area contributed by atoms with E-state index < -0.39 is 11.9 Å². The van der Waals surface area contributed by atoms with Gasteiger partial charge in [0.1, 0.15) is 23.0 Å². The minimum Gasteiger partial charge on any atom is -0.496 e. The first kappa shape index (κ1) is 17.1. The largest absolute Gasteiger partial charge is 0.496 e. The van der Waals surface area contributed by atoms with E-state index in [1.165, 1.54) is 26.4 Å². The van der Waals surface area contributed by atoms with Gasteiger partial charge < -0.3 is 18.9 Å². The Hall–Kier alpha value is -3.28. The highest BCUT2D eigenvalue weighted by Crippen LogP contribution is 2.27. The number of rotatable bonds is 6. The fraction of sp³-hybridized carbons (Fsp3) is 0.111. The number of para-hydroxylation sites is 1. The van der Waals surface area contributed by atoms with Gasteiger partial charge in [0, 0.05) is 30.4 Å². The molecule has 0 saturated heterocycles. The quantitative estimate of drug-likeness (QED) is 0.461. The van der Waals surface area contributed by atoms with Gasteiger partial charge in [-0.15, -0.1) is 0 Å². The zero-order chi connectivity index (χ0) is 17.4. The van der Waals surface area contributed by atoms with E-state index in [1.807, 2.05) is 0 Å². The summed E-state index contributed by atoms with van der Waals surface area (Å²) in [6, 6.07) is 13.2. The Balaban J connectivity index is 1.96. The molecule has 2 aromatic rings. The van der Waals surface area contributed by atoms with Crippen molar-refractivity contribution < 1.29 is 28.5 Å². The van der Waals surface area contributed by atoms with Gasteiger partial charge >= 0.3 is 11.9 Å². The van der Waals surface area contributed by atoms with Crippen LogP contribution in [0.25, 0.3) is 0 Å². The van der Waals surface area contributed by atoms with Crippen LogP contribution in [-0.2, 0) is 9.59 Å². The second-order valence-electron chi connectivity index (χ2n) is 4.54. The van der Waals surface area contributed by atoms with Crippen LogP contribution in [0.2, 0.25) is 0 Å². The topological polar surface area (TPSA) is 71.1 Å². The third-order valence-electron chi connectivity index (χ3n) is 2.86. The van der Waals surface area contributed by atoms with E-state index in [0.717, 1.165) is 12.2 Å². The summed E-state index contributed by atoms with van der Waals surface area (Å²) in [6.45, 7) is 0. The molecule has 0 aliphatic heterocycles. The van der Waals surface area contributed by atoms with Gasteiger partial charge in [-0.2, -0.15) is 0 Å². The molecule has 0 unspecified atom stereocenters. The second-order valence-corrected chi connectivity index (χ2v) is 4.54. The molecule has 0 amide bonds. The van der Waals surface area contributed by atoms with E-state index in [0.29, 0.717) is 17.2 Å². The van der Waals surface area contributed by atoms with Crippen LogP contribution in [0, 0.1) is 0 Å². The third-order valence-corrected chi connectivity index (χ3v) is 2.86. The highest BCUT2D eigenvalue weighted by Gasteiger charge is 2.07. The Morgan fingerprint density at radius 2 is 1.17 bits per heavy atom. The van der Waals surface area contributed by atoms with Crippen molar-refractivity contribution in [3.05, 3.63) is 60.7 Å². The molecule has 0 saturated carbocycles. The predicted molar refractivity (Wildman–Crippen MR) is 86.4 cm³/mol. The maximum absolute atomic E-state index is 11.8. The Morgan fingerprint density at radius 3 is 1.67 bits per heavy atom. The smallest absolute Gasteiger partial charge is 0.336 e. The molecule has 124 valence electrons. The fourth-order valence-electron chi connectivity index (χ4n) is 1.77. The fourth-order valence-corrected chi connectivity index (χ4v) is 1.77. The van der Waals surface area contributed by atoms with E-state index in [9.17, 15) is 9.59 Å². The standard InChI is InChI=1S/C18H16O6/c1-21-14-10-15(22-2)12-16(11-14)24-18(20)9-8-17(19)23-13-6-4-3-5-7-13/h3-12H,1-2H3/b9-8+. The van der Waals surface area contributed by atoms with Crippen molar-refractivity contribution in [3.8, 4) is 23.0 Å². The predicted octanol–water partition coefficient (Wildman–Crippen LogP) is 2.77. The van der Waals surface area contributed by atoms with Crippen LogP contribution in [0.4, 0.5) is 0 Å². The van der Waals surface area contributed by atoms with Gasteiger partial charge in [-0.05, 0) is 12.1 Å². The molecule has 0 N–H and O–H groups in total. The van der Waals surface area contributed by atoms with E-state index >= 15 is 0 Å². The Kier molecular flexibility index (Phi) is 5.96. The molecule has 2 rings (SSSR count). The maximum atomic E-state index is 11.8. The summed E-state index contributed by atoms with van der Waals surface area (Å²) in [6.07, 6.45) is 1.98. The normalized spacial score (nSPS) is 10.2. The summed E-state index contributed by atoms with van der Waals surface area (Å²) in [5, 5.41) is 0. The molecule has 0 aliphatic rings. The molecule has 24 heavy (non-hydrogen) atoms. The molecule has 0 radical (unpaired) electrons. The summed E-state index contributed by atoms with van der Waals surface area (Å²) >= 11 is 0. The van der Waals surface area contributed by atoms with E-state index in [1.54, 1.807) is 36.4 Å². The number of hydrogen-bond acceptors (Lipinski definition) is 6. The number of benzene rings is 2. The van der Waals surface area contributed by atoms with Gasteiger partial charge in [-0.1, -0.05) is 18.2 Å². The second kappa shape index (κ2) is 8.38. The number of methoxy groups -OCH3 is 2. The summed E-state index contributed by atoms with van der Waals surface area (Å²) in [5.41, 5.74) is 0. The Bertz CT molecular complexity index is 714. The minimum atomic E-state index is -0.727. The van der Waals surface area contributed by atoms with Crippen molar-refractivity contribution in [1.29, 1.82) is 0 Å². The molecule has 0 atom stereocenters. The van der Waals surface area contributed by atoms with Crippen molar-refractivity contribution in [2.24, 2.45) is 0 Å². The highest BCUT2D eigenvalue weighted by atomic mass is 16.5. The first-order valence-electron chi connectivity index (χ1n) is 7.00. The van der Waals surface area contributed by atoms with Crippen LogP contribution >= 0.6 is 0 Å². The van der Waals surface area contributed by atoms with Crippen LogP contribution in [0.15, 0.2) is 60.7 Å². The summed E-state index contributed by atoms with van der Waals surface area (Å²) < 4.78 is 20.3. The van der Waals surface area contributed by atoms with Gasteiger partial charge in [-0.25, -0.2) is 9.59 Å². The number of carbonyl (C=O) groups excluding carboxylic acids is 2. The van der Waals surface area contributed by atoms with E-state index in [4.69, 9.17) is 18.9 Å². The molecule has 0 aromatic heterocycles. The Labute approximate surface area is 139 Å². The van der Waals surface area contributed by atoms with Crippen LogP contribution < -0.4 is 18.9 Å². The lowest BCUT2D eigenvalue weighted by atomic mass is 10.3. The lowest BCUT2D eigenvalue weighted by Gasteiger charge is -2.07. The molecule has 0 aliphatic carbocycles. The van der Waals surface area contributed by atoms with Crippen molar-refractivity contribution in [2.45, 2.75) is 0 Å². The van der Waals surface area contributed by atoms with Crippen molar-refractivity contribution in [2.75, 3.05) is 14.2 Å². The monoisotopic (exact) mass is 328 g/mol. The Morgan fingerprint density at radius 1 is 0.708 bits per heavy atom. The van der Waals surface area contributed by atoms with Crippen LogP contribution in [0.1, 0.15) is 0 Å². The SMILES string of the molecule is COc1cc(OC)cc(OC(=O)/C=C/C(=O)Oc2ccccc2)c1. The first-order valence-corrected chi connectivity index (χ1v) is 7.00. The molecule has 0 bridgehead atoms. The van der Waals surface area contributed by atoms with Crippen molar-refractivity contribution >= 4 is 11.9 Å². The average molecular weight is 328 g/mol. The molecular weight excluding hydrogens is 312 g/mol. The van der Waals surface area contributed by atoms with Crippen LogP contribution in [-0.4, -0.2) is 26.2 Å². The zero-order valence-corrected chi connectivity index (χ0v) is 13.2. The molecule has 6 nitrogen and oxygen atoms in total. The van der Waals surface area contributed by atoms with E-state index in [-0.39, 0.29) is 5.75 Å². The van der Waals surface area contributed by atoms with Crippen molar-refractivity contribution in [1.82, 2.24) is 0 Å². The minimum absolute atomic E-state index is 0.234. The van der Waals surface area contributed by atoms with E-state index in [2.05, 4.69) is 0 Å². The molecule has 0 spiro atoms. The first-order chi connectivity index (χ1) is 11.6. The van der Waals surface area contributed by atoms with Gasteiger partial charge in [-0.3, -0.25) is 0 Å². The molecule has 0 fully saturated rings. The number of carbonyl (C=O) groups is 2. The maximum Gasteiger partial charge on any atom is 0.336 e. The molecular formula is C18H16O6. The summed E-state index contributed by atoms with van der Waals surface area (Å²) in [4.78, 5) is 23.4. The van der Waals surface area contributed by atoms with Gasteiger partial charge in [0.15, 0.2) is 0 Å².